The second-order valence-electron chi connectivity index (χ2n) is 10.4. The van der Waals surface area contributed by atoms with E-state index in [4.69, 9.17) is 15.9 Å². The molecular weight excluding hydrogens is 410 g/mol. The predicted octanol–water partition coefficient (Wildman–Crippen LogP) is 4.08. The van der Waals surface area contributed by atoms with Crippen LogP contribution in [-0.4, -0.2) is 41.2 Å². The summed E-state index contributed by atoms with van der Waals surface area (Å²) in [5.74, 6) is 2.40. The second-order valence-corrected chi connectivity index (χ2v) is 10.4. The summed E-state index contributed by atoms with van der Waals surface area (Å²) < 4.78 is 8.07. The number of nitrogens with two attached hydrogens (primary N) is 1. The quantitative estimate of drug-likeness (QED) is 0.496. The highest BCUT2D eigenvalue weighted by Crippen LogP contribution is 2.44. The lowest BCUT2D eigenvalue weighted by Gasteiger charge is -2.32. The topological polar surface area (TPSA) is 79.6 Å². The van der Waals surface area contributed by atoms with Crippen molar-refractivity contribution >= 4 is 5.96 Å². The Hall–Kier alpha value is -2.60. The van der Waals surface area contributed by atoms with Crippen molar-refractivity contribution in [2.75, 3.05) is 19.7 Å². The lowest BCUT2D eigenvalue weighted by molar-refractivity contribution is 0.136. The third-order valence-electron chi connectivity index (χ3n) is 7.08. The molecule has 0 amide bonds. The van der Waals surface area contributed by atoms with E-state index < -0.39 is 0 Å². The number of nitrogens with zero attached hydrogens (tertiary/aromatic N) is 3. The third-order valence-corrected chi connectivity index (χ3v) is 7.08. The van der Waals surface area contributed by atoms with E-state index >= 15 is 0 Å². The van der Waals surface area contributed by atoms with Crippen LogP contribution in [0.15, 0.2) is 35.5 Å². The largest absolute Gasteiger partial charge is 0.493 e. The SMILES string of the molecule is Cc1cc(C)cc(CN2CCC(COc3cc(=N)n(C(N)=NC4CC4)cc3C3CC3)CC2)c1. The standard InChI is InChI=1S/C27H37N5O/c1-18-11-19(2)13-21(12-18)15-31-9-7-20(8-10-31)17-33-25-14-26(28)32(16-24(25)22-3-4-22)27(29)30-23-5-6-23/h11-14,16,20,22-23,28H,3-10,15,17H2,1-2H3,(H2,29,30). The lowest BCUT2D eigenvalue weighted by Crippen LogP contribution is -2.35. The average molecular weight is 448 g/mol. The minimum absolute atomic E-state index is 0.345. The van der Waals surface area contributed by atoms with E-state index in [1.165, 1.54) is 35.1 Å². The van der Waals surface area contributed by atoms with Gasteiger partial charge in [-0.25, -0.2) is 4.99 Å². The first kappa shape index (κ1) is 22.2. The van der Waals surface area contributed by atoms with Crippen LogP contribution in [0.25, 0.3) is 0 Å². The maximum Gasteiger partial charge on any atom is 0.201 e. The zero-order valence-electron chi connectivity index (χ0n) is 20.0. The maximum absolute atomic E-state index is 8.47. The molecule has 6 heteroatoms. The number of nitrogens with one attached hydrogen (secondary N) is 1. The molecule has 2 aromatic rings. The van der Waals surface area contributed by atoms with Crippen LogP contribution in [0.3, 0.4) is 0 Å². The number of benzene rings is 1. The average Bonchev–Trinajstić information content (AvgIpc) is 3.67. The van der Waals surface area contributed by atoms with Gasteiger partial charge in [0.05, 0.1) is 12.6 Å². The summed E-state index contributed by atoms with van der Waals surface area (Å²) in [6, 6.07) is 9.05. The molecule has 1 aromatic heterocycles. The van der Waals surface area contributed by atoms with Crippen molar-refractivity contribution in [3.63, 3.8) is 0 Å². The fourth-order valence-corrected chi connectivity index (χ4v) is 4.95. The zero-order valence-corrected chi connectivity index (χ0v) is 20.0. The summed E-state index contributed by atoms with van der Waals surface area (Å²) in [7, 11) is 0. The van der Waals surface area contributed by atoms with Crippen LogP contribution in [0.5, 0.6) is 5.75 Å². The van der Waals surface area contributed by atoms with E-state index in [1.807, 2.05) is 12.3 Å². The molecule has 33 heavy (non-hydrogen) atoms. The first-order chi connectivity index (χ1) is 15.9. The molecule has 0 atom stereocenters. The number of ether oxygens (including phenoxy) is 1. The molecule has 1 aromatic carbocycles. The summed E-state index contributed by atoms with van der Waals surface area (Å²) in [4.78, 5) is 7.09. The summed E-state index contributed by atoms with van der Waals surface area (Å²) in [5.41, 5.74) is 11.8. The Kier molecular flexibility index (Phi) is 6.28. The van der Waals surface area contributed by atoms with E-state index in [1.54, 1.807) is 4.57 Å². The van der Waals surface area contributed by atoms with Crippen molar-refractivity contribution in [2.24, 2.45) is 16.6 Å². The molecule has 2 heterocycles. The van der Waals surface area contributed by atoms with Crippen molar-refractivity contribution in [3.05, 3.63) is 58.2 Å². The number of aromatic nitrogens is 1. The van der Waals surface area contributed by atoms with E-state index in [9.17, 15) is 0 Å². The number of aryl methyl sites for hydroxylation is 2. The van der Waals surface area contributed by atoms with Gasteiger partial charge in [0.1, 0.15) is 11.2 Å². The Labute approximate surface area is 197 Å². The smallest absolute Gasteiger partial charge is 0.201 e. The third kappa shape index (κ3) is 5.67. The molecule has 2 aliphatic carbocycles. The van der Waals surface area contributed by atoms with Crippen LogP contribution in [0, 0.1) is 25.2 Å². The van der Waals surface area contributed by atoms with Gasteiger partial charge in [0.15, 0.2) is 0 Å². The number of rotatable bonds is 7. The second kappa shape index (κ2) is 9.34. The summed E-state index contributed by atoms with van der Waals surface area (Å²) in [6.07, 6.45) is 8.90. The molecule has 3 fully saturated rings. The number of likely N-dealkylation sites (tertiary alicyclic amines) is 1. The Morgan fingerprint density at radius 3 is 2.36 bits per heavy atom. The molecule has 0 bridgehead atoms. The summed E-state index contributed by atoms with van der Waals surface area (Å²) >= 11 is 0. The van der Waals surface area contributed by atoms with E-state index in [0.29, 0.717) is 29.3 Å². The number of hydrogen-bond acceptors (Lipinski definition) is 4. The van der Waals surface area contributed by atoms with Gasteiger partial charge in [-0.1, -0.05) is 29.3 Å². The van der Waals surface area contributed by atoms with Crippen LogP contribution in [-0.2, 0) is 6.54 Å². The Bertz CT molecular complexity index is 1070. The summed E-state index contributed by atoms with van der Waals surface area (Å²) in [5, 5.41) is 8.47. The van der Waals surface area contributed by atoms with E-state index in [0.717, 1.165) is 57.7 Å². The fraction of sp³-hybridized carbons (Fsp3) is 0.556. The van der Waals surface area contributed by atoms with Crippen molar-refractivity contribution in [1.82, 2.24) is 9.47 Å². The fourth-order valence-electron chi connectivity index (χ4n) is 4.95. The summed E-state index contributed by atoms with van der Waals surface area (Å²) in [6.45, 7) is 8.35. The first-order valence-electron chi connectivity index (χ1n) is 12.5. The Morgan fingerprint density at radius 2 is 1.73 bits per heavy atom. The Balaban J connectivity index is 1.19. The number of hydrogen-bond donors (Lipinski definition) is 2. The number of piperidine rings is 1. The minimum Gasteiger partial charge on any atom is -0.493 e. The van der Waals surface area contributed by atoms with Crippen molar-refractivity contribution in [1.29, 1.82) is 5.41 Å². The maximum atomic E-state index is 8.47. The Morgan fingerprint density at radius 1 is 1.03 bits per heavy atom. The van der Waals surface area contributed by atoms with Gasteiger partial charge < -0.3 is 10.5 Å². The molecule has 176 valence electrons. The molecule has 3 N–H and O–H groups in total. The molecule has 1 aliphatic heterocycles. The number of pyridine rings is 1. The van der Waals surface area contributed by atoms with Gasteiger partial charge in [0.2, 0.25) is 5.96 Å². The first-order valence-corrected chi connectivity index (χ1v) is 12.5. The molecule has 2 saturated carbocycles. The van der Waals surface area contributed by atoms with Crippen molar-refractivity contribution < 1.29 is 4.74 Å². The highest BCUT2D eigenvalue weighted by Gasteiger charge is 2.29. The van der Waals surface area contributed by atoms with E-state index in [2.05, 4.69) is 41.9 Å². The van der Waals surface area contributed by atoms with Crippen LogP contribution in [0.1, 0.15) is 66.7 Å². The van der Waals surface area contributed by atoms with Crippen LogP contribution in [0.2, 0.25) is 0 Å². The van der Waals surface area contributed by atoms with Crippen LogP contribution >= 0.6 is 0 Å². The van der Waals surface area contributed by atoms with Crippen LogP contribution in [0.4, 0.5) is 0 Å². The molecular formula is C27H37N5O. The minimum atomic E-state index is 0.345. The zero-order chi connectivity index (χ0) is 22.9. The molecule has 3 aliphatic rings. The van der Waals surface area contributed by atoms with Gasteiger partial charge >= 0.3 is 0 Å². The molecule has 6 nitrogen and oxygen atoms in total. The van der Waals surface area contributed by atoms with E-state index in [-0.39, 0.29) is 0 Å². The predicted molar refractivity (Wildman–Crippen MR) is 132 cm³/mol. The normalized spacial score (nSPS) is 20.2. The molecule has 1 saturated heterocycles. The van der Waals surface area contributed by atoms with Crippen molar-refractivity contribution in [3.8, 4) is 5.75 Å². The number of aliphatic imine (C=N–C) groups is 1. The van der Waals surface area contributed by atoms with Gasteiger partial charge in [0.25, 0.3) is 0 Å². The van der Waals surface area contributed by atoms with Gasteiger partial charge in [-0.3, -0.25) is 14.9 Å². The molecule has 0 radical (unpaired) electrons. The van der Waals surface area contributed by atoms with Gasteiger partial charge in [-0.05, 0) is 82.9 Å². The molecule has 0 spiro atoms. The highest BCUT2D eigenvalue weighted by molar-refractivity contribution is 5.81. The van der Waals surface area contributed by atoms with Gasteiger partial charge in [-0.2, -0.15) is 0 Å². The van der Waals surface area contributed by atoms with Crippen LogP contribution < -0.4 is 16.0 Å². The monoisotopic (exact) mass is 447 g/mol. The van der Waals surface area contributed by atoms with Crippen molar-refractivity contribution in [2.45, 2.75) is 70.9 Å². The molecule has 0 unspecified atom stereocenters. The van der Waals surface area contributed by atoms with Gasteiger partial charge in [-0.15, -0.1) is 0 Å². The van der Waals surface area contributed by atoms with Gasteiger partial charge in [0, 0.05) is 24.4 Å². The molecule has 5 rings (SSSR count). The highest BCUT2D eigenvalue weighted by atomic mass is 16.5. The lowest BCUT2D eigenvalue weighted by atomic mass is 9.97.